The zero-order valence-electron chi connectivity index (χ0n) is 11.8. The number of fused-ring (bicyclic) bond motifs is 1. The normalized spacial score (nSPS) is 40.3. The third-order valence-corrected chi connectivity index (χ3v) is 5.45. The molecule has 3 fully saturated rings. The van der Waals surface area contributed by atoms with Crippen LogP contribution in [0, 0.1) is 17.8 Å². The lowest BCUT2D eigenvalue weighted by molar-refractivity contribution is -0.142. The van der Waals surface area contributed by atoms with Crippen LogP contribution >= 0.6 is 0 Å². The minimum absolute atomic E-state index is 0.0142. The maximum absolute atomic E-state index is 12.4. The molecule has 0 aromatic carbocycles. The minimum atomic E-state index is -0.693. The molecule has 1 amide bonds. The average Bonchev–Trinajstić information content (AvgIpc) is 3.01. The lowest BCUT2D eigenvalue weighted by atomic mass is 9.85. The summed E-state index contributed by atoms with van der Waals surface area (Å²) in [5, 5.41) is 15.5. The molecule has 3 unspecified atom stereocenters. The average molecular weight is 280 g/mol. The van der Waals surface area contributed by atoms with Gasteiger partial charge in [-0.15, -0.1) is 0 Å². The zero-order chi connectivity index (χ0) is 14.1. The van der Waals surface area contributed by atoms with E-state index in [2.05, 4.69) is 10.6 Å². The molecule has 3 N–H and O–H groups in total. The van der Waals surface area contributed by atoms with Crippen LogP contribution in [-0.4, -0.2) is 35.6 Å². The zero-order valence-corrected chi connectivity index (χ0v) is 11.8. The lowest BCUT2D eigenvalue weighted by Gasteiger charge is -2.28. The highest BCUT2D eigenvalue weighted by atomic mass is 16.4. The highest BCUT2D eigenvalue weighted by molar-refractivity contribution is 5.83. The van der Waals surface area contributed by atoms with Crippen molar-refractivity contribution >= 4 is 11.9 Å². The molecule has 20 heavy (non-hydrogen) atoms. The van der Waals surface area contributed by atoms with Crippen molar-refractivity contribution in [3.05, 3.63) is 0 Å². The number of hydrogen-bond acceptors (Lipinski definition) is 3. The highest BCUT2D eigenvalue weighted by Crippen LogP contribution is 2.37. The van der Waals surface area contributed by atoms with Gasteiger partial charge in [0, 0.05) is 6.04 Å². The van der Waals surface area contributed by atoms with E-state index in [1.165, 1.54) is 19.3 Å². The van der Waals surface area contributed by atoms with Crippen LogP contribution in [0.15, 0.2) is 0 Å². The molecule has 2 aliphatic carbocycles. The molecule has 0 aromatic rings. The van der Waals surface area contributed by atoms with E-state index in [0.29, 0.717) is 24.7 Å². The van der Waals surface area contributed by atoms with E-state index >= 15 is 0 Å². The van der Waals surface area contributed by atoms with Crippen LogP contribution in [-0.2, 0) is 9.59 Å². The van der Waals surface area contributed by atoms with Crippen molar-refractivity contribution in [2.24, 2.45) is 17.8 Å². The van der Waals surface area contributed by atoms with Crippen LogP contribution < -0.4 is 10.6 Å². The van der Waals surface area contributed by atoms with E-state index < -0.39 is 5.97 Å². The number of carbonyl (C=O) groups excluding carboxylic acids is 1. The summed E-state index contributed by atoms with van der Waals surface area (Å²) in [6.07, 6.45) is 6.64. The van der Waals surface area contributed by atoms with Crippen molar-refractivity contribution < 1.29 is 14.7 Å². The maximum atomic E-state index is 12.4. The lowest BCUT2D eigenvalue weighted by Crippen LogP contribution is -2.48. The number of hydrogen-bond donors (Lipinski definition) is 3. The Hall–Kier alpha value is -1.10. The van der Waals surface area contributed by atoms with Gasteiger partial charge in [-0.25, -0.2) is 0 Å². The standard InChI is InChI=1S/C15H24N2O3/c18-14(13-12-3-1-2-10(12)8-16-13)17-11-6-4-9(5-7-11)15(19)20/h9-13,16H,1-8H2,(H,17,18)(H,19,20). The summed E-state index contributed by atoms with van der Waals surface area (Å²) in [5.41, 5.74) is 0. The topological polar surface area (TPSA) is 78.4 Å². The first kappa shape index (κ1) is 13.9. The summed E-state index contributed by atoms with van der Waals surface area (Å²) >= 11 is 0. The Kier molecular flexibility index (Phi) is 3.96. The fourth-order valence-electron chi connectivity index (χ4n) is 4.25. The summed E-state index contributed by atoms with van der Waals surface area (Å²) in [5.74, 6) is 0.435. The van der Waals surface area contributed by atoms with E-state index in [4.69, 9.17) is 5.11 Å². The fraction of sp³-hybridized carbons (Fsp3) is 0.867. The third-order valence-electron chi connectivity index (χ3n) is 5.45. The third kappa shape index (κ3) is 2.68. The van der Waals surface area contributed by atoms with Crippen molar-refractivity contribution in [2.45, 2.75) is 57.0 Å². The Labute approximate surface area is 119 Å². The monoisotopic (exact) mass is 280 g/mol. The molecular formula is C15H24N2O3. The predicted octanol–water partition coefficient (Wildman–Crippen LogP) is 1.13. The summed E-state index contributed by atoms with van der Waals surface area (Å²) in [4.78, 5) is 23.3. The van der Waals surface area contributed by atoms with Crippen LogP contribution in [0.1, 0.15) is 44.9 Å². The van der Waals surface area contributed by atoms with Gasteiger partial charge in [0.2, 0.25) is 5.91 Å². The Bertz CT molecular complexity index is 391. The van der Waals surface area contributed by atoms with Crippen molar-refractivity contribution in [3.8, 4) is 0 Å². The van der Waals surface area contributed by atoms with Gasteiger partial charge in [0.25, 0.3) is 0 Å². The quantitative estimate of drug-likeness (QED) is 0.724. The smallest absolute Gasteiger partial charge is 0.306 e. The van der Waals surface area contributed by atoms with Gasteiger partial charge in [0.05, 0.1) is 12.0 Å². The number of carboxylic acids is 1. The van der Waals surface area contributed by atoms with Gasteiger partial charge in [-0.2, -0.15) is 0 Å². The molecule has 2 saturated carbocycles. The molecule has 3 rings (SSSR count). The van der Waals surface area contributed by atoms with Crippen molar-refractivity contribution in [1.82, 2.24) is 10.6 Å². The van der Waals surface area contributed by atoms with Gasteiger partial charge in [0.15, 0.2) is 0 Å². The molecule has 1 aliphatic heterocycles. The Morgan fingerprint density at radius 2 is 1.80 bits per heavy atom. The van der Waals surface area contributed by atoms with E-state index in [1.54, 1.807) is 0 Å². The number of aliphatic carboxylic acids is 1. The summed E-state index contributed by atoms with van der Waals surface area (Å²) in [6.45, 7) is 0.981. The highest BCUT2D eigenvalue weighted by Gasteiger charge is 2.42. The number of nitrogens with one attached hydrogen (secondary N) is 2. The van der Waals surface area contributed by atoms with Gasteiger partial charge in [-0.05, 0) is 56.9 Å². The van der Waals surface area contributed by atoms with Crippen LogP contribution in [0.4, 0.5) is 0 Å². The van der Waals surface area contributed by atoms with Gasteiger partial charge in [0.1, 0.15) is 0 Å². The molecule has 5 nitrogen and oxygen atoms in total. The predicted molar refractivity (Wildman–Crippen MR) is 74.1 cm³/mol. The molecule has 1 saturated heterocycles. The second-order valence-corrected chi connectivity index (χ2v) is 6.64. The van der Waals surface area contributed by atoms with E-state index in [1.807, 2.05) is 0 Å². The minimum Gasteiger partial charge on any atom is -0.481 e. The van der Waals surface area contributed by atoms with E-state index in [-0.39, 0.29) is 23.9 Å². The van der Waals surface area contributed by atoms with Crippen molar-refractivity contribution in [2.75, 3.05) is 6.54 Å². The maximum Gasteiger partial charge on any atom is 0.306 e. The van der Waals surface area contributed by atoms with Crippen LogP contribution in [0.25, 0.3) is 0 Å². The molecule has 1 heterocycles. The van der Waals surface area contributed by atoms with E-state index in [9.17, 15) is 9.59 Å². The molecule has 0 radical (unpaired) electrons. The number of carboxylic acid groups (broad SMARTS) is 1. The van der Waals surface area contributed by atoms with Gasteiger partial charge >= 0.3 is 5.97 Å². The number of rotatable bonds is 3. The molecule has 3 atom stereocenters. The second-order valence-electron chi connectivity index (χ2n) is 6.64. The second kappa shape index (κ2) is 5.72. The van der Waals surface area contributed by atoms with Crippen LogP contribution in [0.5, 0.6) is 0 Å². The number of amides is 1. The largest absolute Gasteiger partial charge is 0.481 e. The SMILES string of the molecule is O=C(O)C1CCC(NC(=O)C2NCC3CCCC32)CC1. The van der Waals surface area contributed by atoms with Crippen molar-refractivity contribution in [1.29, 1.82) is 0 Å². The van der Waals surface area contributed by atoms with E-state index in [0.717, 1.165) is 19.4 Å². The van der Waals surface area contributed by atoms with Gasteiger partial charge < -0.3 is 15.7 Å². The first-order valence-electron chi connectivity index (χ1n) is 7.91. The first-order valence-corrected chi connectivity index (χ1v) is 7.91. The fourth-order valence-corrected chi connectivity index (χ4v) is 4.25. The summed E-state index contributed by atoms with van der Waals surface area (Å²) in [7, 11) is 0. The molecule has 112 valence electrons. The molecule has 0 spiro atoms. The Balaban J connectivity index is 1.49. The molecule has 5 heteroatoms. The molecule has 0 bridgehead atoms. The van der Waals surface area contributed by atoms with Crippen LogP contribution in [0.3, 0.4) is 0 Å². The Morgan fingerprint density at radius 3 is 2.50 bits per heavy atom. The Morgan fingerprint density at radius 1 is 1.05 bits per heavy atom. The number of carbonyl (C=O) groups is 2. The summed E-state index contributed by atoms with van der Waals surface area (Å²) in [6, 6.07) is 0.153. The van der Waals surface area contributed by atoms with Gasteiger partial charge in [-0.1, -0.05) is 6.42 Å². The van der Waals surface area contributed by atoms with Gasteiger partial charge in [-0.3, -0.25) is 9.59 Å². The molecular weight excluding hydrogens is 256 g/mol. The van der Waals surface area contributed by atoms with Crippen molar-refractivity contribution in [3.63, 3.8) is 0 Å². The molecule has 3 aliphatic rings. The molecule has 0 aromatic heterocycles. The van der Waals surface area contributed by atoms with Crippen LogP contribution in [0.2, 0.25) is 0 Å². The first-order chi connectivity index (χ1) is 9.65. The summed E-state index contributed by atoms with van der Waals surface area (Å²) < 4.78 is 0.